The normalized spacial score (nSPS) is 10.2. The van der Waals surface area contributed by atoms with Gasteiger partial charge in [-0.15, -0.1) is 0 Å². The lowest BCUT2D eigenvalue weighted by molar-refractivity contribution is 0.0696. The summed E-state index contributed by atoms with van der Waals surface area (Å²) in [5.74, 6) is -0.300. The molecule has 16 heavy (non-hydrogen) atoms. The number of aromatic carboxylic acids is 1. The average Bonchev–Trinajstić information content (AvgIpc) is 2.80. The minimum atomic E-state index is -0.962. The van der Waals surface area contributed by atoms with Crippen LogP contribution < -0.4 is 0 Å². The number of nitrogens with zero attached hydrogens (tertiary/aromatic N) is 3. The van der Waals surface area contributed by atoms with E-state index in [0.29, 0.717) is 5.75 Å². The number of aromatic nitrogens is 3. The fraction of sp³-hybridized carbons (Fsp3) is 0.111. The van der Waals surface area contributed by atoms with Gasteiger partial charge in [-0.3, -0.25) is 4.98 Å². The molecule has 2 aromatic rings. The summed E-state index contributed by atoms with van der Waals surface area (Å²) in [6.07, 6.45) is 2.87. The fourth-order valence-corrected chi connectivity index (χ4v) is 2.36. The molecule has 0 spiro atoms. The van der Waals surface area contributed by atoms with Crippen LogP contribution in [0.3, 0.4) is 0 Å². The van der Waals surface area contributed by atoms with E-state index in [1.54, 1.807) is 12.1 Å². The summed E-state index contributed by atoms with van der Waals surface area (Å²) < 4.78 is 4.76. The third kappa shape index (κ3) is 2.77. The SMILES string of the molecule is O=C(O)c1ccc(CSc2ncns2)nc1. The summed E-state index contributed by atoms with van der Waals surface area (Å²) in [6.45, 7) is 0. The highest BCUT2D eigenvalue weighted by Crippen LogP contribution is 2.22. The van der Waals surface area contributed by atoms with Crippen molar-refractivity contribution in [3.05, 3.63) is 35.9 Å². The van der Waals surface area contributed by atoms with Gasteiger partial charge in [-0.2, -0.15) is 4.37 Å². The Labute approximate surface area is 99.7 Å². The van der Waals surface area contributed by atoms with Crippen molar-refractivity contribution in [2.45, 2.75) is 10.1 Å². The van der Waals surface area contributed by atoms with E-state index in [0.717, 1.165) is 10.0 Å². The van der Waals surface area contributed by atoms with Crippen LogP contribution in [0.2, 0.25) is 0 Å². The standard InChI is InChI=1S/C9H7N3O2S2/c13-8(14)6-1-2-7(10-3-6)4-15-9-11-5-12-16-9/h1-3,5H,4H2,(H,13,14). The van der Waals surface area contributed by atoms with Crippen molar-refractivity contribution in [1.82, 2.24) is 14.3 Å². The molecule has 0 amide bonds. The molecular weight excluding hydrogens is 246 g/mol. The molecule has 2 heterocycles. The third-order valence-corrected chi connectivity index (χ3v) is 3.59. The first-order valence-corrected chi connectivity index (χ1v) is 6.09. The van der Waals surface area contributed by atoms with Crippen LogP contribution in [0.1, 0.15) is 16.1 Å². The van der Waals surface area contributed by atoms with Gasteiger partial charge in [0, 0.05) is 11.9 Å². The molecule has 0 atom stereocenters. The summed E-state index contributed by atoms with van der Waals surface area (Å²) in [6, 6.07) is 3.25. The van der Waals surface area contributed by atoms with E-state index in [-0.39, 0.29) is 5.56 Å². The van der Waals surface area contributed by atoms with Gasteiger partial charge in [-0.05, 0) is 23.7 Å². The van der Waals surface area contributed by atoms with Crippen molar-refractivity contribution in [2.75, 3.05) is 0 Å². The van der Waals surface area contributed by atoms with Crippen molar-refractivity contribution in [1.29, 1.82) is 0 Å². The zero-order chi connectivity index (χ0) is 11.4. The van der Waals surface area contributed by atoms with Gasteiger partial charge in [0.2, 0.25) is 0 Å². The zero-order valence-corrected chi connectivity index (χ0v) is 9.66. The molecule has 0 bridgehead atoms. The maximum atomic E-state index is 10.6. The van der Waals surface area contributed by atoms with Gasteiger partial charge in [-0.25, -0.2) is 9.78 Å². The van der Waals surface area contributed by atoms with Gasteiger partial charge in [0.1, 0.15) is 6.33 Å². The quantitative estimate of drug-likeness (QED) is 0.839. The molecular formula is C9H7N3O2S2. The van der Waals surface area contributed by atoms with Gasteiger partial charge in [0.05, 0.1) is 11.3 Å². The number of rotatable bonds is 4. The Hall–Kier alpha value is -1.47. The van der Waals surface area contributed by atoms with Crippen molar-refractivity contribution >= 4 is 29.3 Å². The molecule has 0 saturated carbocycles. The van der Waals surface area contributed by atoms with Gasteiger partial charge in [0.15, 0.2) is 4.34 Å². The molecule has 0 radical (unpaired) electrons. The lowest BCUT2D eigenvalue weighted by Crippen LogP contribution is -1.97. The second kappa shape index (κ2) is 5.04. The molecule has 5 nitrogen and oxygen atoms in total. The Morgan fingerprint density at radius 1 is 1.44 bits per heavy atom. The summed E-state index contributed by atoms with van der Waals surface area (Å²) in [5, 5.41) is 8.69. The minimum Gasteiger partial charge on any atom is -0.478 e. The van der Waals surface area contributed by atoms with Crippen LogP contribution in [0.5, 0.6) is 0 Å². The van der Waals surface area contributed by atoms with Gasteiger partial charge in [0.25, 0.3) is 0 Å². The van der Waals surface area contributed by atoms with Gasteiger partial charge >= 0.3 is 5.97 Å². The van der Waals surface area contributed by atoms with Crippen molar-refractivity contribution in [2.24, 2.45) is 0 Å². The molecule has 7 heteroatoms. The highest BCUT2D eigenvalue weighted by atomic mass is 32.2. The smallest absolute Gasteiger partial charge is 0.337 e. The molecule has 0 aromatic carbocycles. The Balaban J connectivity index is 1.98. The maximum absolute atomic E-state index is 10.6. The second-order valence-corrected chi connectivity index (χ2v) is 4.84. The molecule has 0 aliphatic heterocycles. The van der Waals surface area contributed by atoms with Crippen LogP contribution in [0.15, 0.2) is 29.0 Å². The summed E-state index contributed by atoms with van der Waals surface area (Å²) >= 11 is 2.86. The number of thioether (sulfide) groups is 1. The summed E-state index contributed by atoms with van der Waals surface area (Å²) in [4.78, 5) is 18.7. The molecule has 2 rings (SSSR count). The van der Waals surface area contributed by atoms with E-state index < -0.39 is 5.97 Å². The van der Waals surface area contributed by atoms with Crippen molar-refractivity contribution < 1.29 is 9.90 Å². The number of hydrogen-bond donors (Lipinski definition) is 1. The number of carboxylic acid groups (broad SMARTS) is 1. The first-order chi connectivity index (χ1) is 7.75. The molecule has 0 aliphatic carbocycles. The number of hydrogen-bond acceptors (Lipinski definition) is 6. The van der Waals surface area contributed by atoms with E-state index >= 15 is 0 Å². The van der Waals surface area contributed by atoms with Crippen LogP contribution in [0.25, 0.3) is 0 Å². The van der Waals surface area contributed by atoms with Crippen LogP contribution in [0.4, 0.5) is 0 Å². The predicted octanol–water partition coefficient (Wildman–Crippen LogP) is 1.92. The monoisotopic (exact) mass is 253 g/mol. The number of carbonyl (C=O) groups is 1. The number of carboxylic acids is 1. The fourth-order valence-electron chi connectivity index (χ4n) is 0.999. The Bertz CT molecular complexity index is 470. The molecule has 0 fully saturated rings. The van der Waals surface area contributed by atoms with E-state index in [1.807, 2.05) is 0 Å². The zero-order valence-electron chi connectivity index (χ0n) is 8.03. The highest BCUT2D eigenvalue weighted by molar-refractivity contribution is 8.00. The van der Waals surface area contributed by atoms with Gasteiger partial charge in [-0.1, -0.05) is 11.8 Å². The maximum Gasteiger partial charge on any atom is 0.337 e. The second-order valence-electron chi connectivity index (χ2n) is 2.84. The number of pyridine rings is 1. The third-order valence-electron chi connectivity index (χ3n) is 1.76. The predicted molar refractivity (Wildman–Crippen MR) is 60.7 cm³/mol. The topological polar surface area (TPSA) is 76.0 Å². The van der Waals surface area contributed by atoms with Gasteiger partial charge < -0.3 is 5.11 Å². The summed E-state index contributed by atoms with van der Waals surface area (Å²) in [7, 11) is 0. The summed E-state index contributed by atoms with van der Waals surface area (Å²) in [5.41, 5.74) is 1.02. The van der Waals surface area contributed by atoms with E-state index in [4.69, 9.17) is 5.11 Å². The molecule has 82 valence electrons. The highest BCUT2D eigenvalue weighted by Gasteiger charge is 2.04. The average molecular weight is 253 g/mol. The molecule has 2 aromatic heterocycles. The Kier molecular flexibility index (Phi) is 3.47. The molecule has 0 aliphatic rings. The van der Waals surface area contributed by atoms with Crippen LogP contribution in [0, 0.1) is 0 Å². The molecule has 0 saturated heterocycles. The Morgan fingerprint density at radius 2 is 2.31 bits per heavy atom. The van der Waals surface area contributed by atoms with Crippen LogP contribution in [-0.2, 0) is 5.75 Å². The van der Waals surface area contributed by atoms with E-state index in [9.17, 15) is 4.79 Å². The lowest BCUT2D eigenvalue weighted by atomic mass is 10.2. The Morgan fingerprint density at radius 3 is 2.88 bits per heavy atom. The first-order valence-electron chi connectivity index (χ1n) is 4.33. The minimum absolute atomic E-state index is 0.199. The van der Waals surface area contributed by atoms with Crippen LogP contribution >= 0.6 is 23.3 Å². The van der Waals surface area contributed by atoms with E-state index in [1.165, 1.54) is 35.8 Å². The largest absolute Gasteiger partial charge is 0.478 e. The van der Waals surface area contributed by atoms with E-state index in [2.05, 4.69) is 14.3 Å². The first kappa shape index (κ1) is 11.0. The van der Waals surface area contributed by atoms with Crippen molar-refractivity contribution in [3.8, 4) is 0 Å². The van der Waals surface area contributed by atoms with Crippen LogP contribution in [-0.4, -0.2) is 25.4 Å². The molecule has 0 unspecified atom stereocenters. The van der Waals surface area contributed by atoms with Crippen molar-refractivity contribution in [3.63, 3.8) is 0 Å². The molecule has 1 N–H and O–H groups in total. The lowest BCUT2D eigenvalue weighted by Gasteiger charge is -1.98.